The maximum atomic E-state index is 12.5. The summed E-state index contributed by atoms with van der Waals surface area (Å²) in [7, 11) is -4.90. The van der Waals surface area contributed by atoms with Gasteiger partial charge in [0.1, 0.15) is 5.56 Å². The SMILES string of the molecule is COC(=O)c1cc(-c2ccc(Br)cc2)ccc1OS(=O)(=O)C(F)(F)F. The molecule has 0 N–H and O–H groups in total. The zero-order valence-corrected chi connectivity index (χ0v) is 14.9. The average Bonchev–Trinajstić information content (AvgIpc) is 2.54. The molecule has 0 saturated heterocycles. The predicted molar refractivity (Wildman–Crippen MR) is 86.5 cm³/mol. The van der Waals surface area contributed by atoms with Gasteiger partial charge < -0.3 is 8.92 Å². The lowest BCUT2D eigenvalue weighted by Gasteiger charge is -2.13. The van der Waals surface area contributed by atoms with Crippen molar-refractivity contribution in [2.75, 3.05) is 7.11 Å². The second kappa shape index (κ2) is 7.04. The maximum absolute atomic E-state index is 12.5. The van der Waals surface area contributed by atoms with Gasteiger partial charge in [0.25, 0.3) is 0 Å². The first-order valence-electron chi connectivity index (χ1n) is 6.54. The molecule has 25 heavy (non-hydrogen) atoms. The zero-order valence-electron chi connectivity index (χ0n) is 12.5. The average molecular weight is 439 g/mol. The van der Waals surface area contributed by atoms with E-state index in [1.54, 1.807) is 24.3 Å². The van der Waals surface area contributed by atoms with E-state index in [0.29, 0.717) is 11.1 Å². The number of alkyl halides is 3. The van der Waals surface area contributed by atoms with Crippen molar-refractivity contribution in [1.82, 2.24) is 0 Å². The van der Waals surface area contributed by atoms with Crippen molar-refractivity contribution < 1.29 is 35.3 Å². The van der Waals surface area contributed by atoms with Gasteiger partial charge in [-0.3, -0.25) is 0 Å². The molecule has 0 aliphatic heterocycles. The molecule has 0 bridgehead atoms. The van der Waals surface area contributed by atoms with Crippen molar-refractivity contribution in [1.29, 1.82) is 0 Å². The van der Waals surface area contributed by atoms with Gasteiger partial charge in [-0.25, -0.2) is 4.79 Å². The van der Waals surface area contributed by atoms with Crippen LogP contribution >= 0.6 is 15.9 Å². The summed E-state index contributed by atoms with van der Waals surface area (Å²) >= 11 is 3.26. The highest BCUT2D eigenvalue weighted by Crippen LogP contribution is 2.32. The third-order valence-electron chi connectivity index (χ3n) is 3.05. The summed E-state index contributed by atoms with van der Waals surface area (Å²) in [6.07, 6.45) is 0. The number of carbonyl (C=O) groups excluding carboxylic acids is 1. The van der Waals surface area contributed by atoms with Crippen molar-refractivity contribution in [2.45, 2.75) is 5.51 Å². The molecule has 0 radical (unpaired) electrons. The van der Waals surface area contributed by atoms with E-state index in [-0.39, 0.29) is 0 Å². The Morgan fingerprint density at radius 2 is 1.60 bits per heavy atom. The number of benzene rings is 2. The monoisotopic (exact) mass is 438 g/mol. The minimum atomic E-state index is -5.91. The fraction of sp³-hybridized carbons (Fsp3) is 0.133. The predicted octanol–water partition coefficient (Wildman–Crippen LogP) is 4.13. The van der Waals surface area contributed by atoms with Gasteiger partial charge in [0, 0.05) is 4.47 Å². The van der Waals surface area contributed by atoms with Crippen LogP contribution in [0.25, 0.3) is 11.1 Å². The smallest absolute Gasteiger partial charge is 0.465 e. The van der Waals surface area contributed by atoms with Crippen LogP contribution in [0.1, 0.15) is 10.4 Å². The van der Waals surface area contributed by atoms with Crippen LogP contribution in [0.2, 0.25) is 0 Å². The van der Waals surface area contributed by atoms with Gasteiger partial charge in [0.2, 0.25) is 0 Å². The molecule has 2 aromatic carbocycles. The minimum absolute atomic E-state index is 0.448. The van der Waals surface area contributed by atoms with Crippen molar-refractivity contribution in [3.8, 4) is 16.9 Å². The minimum Gasteiger partial charge on any atom is -0.465 e. The Labute approximate surface area is 149 Å². The fourth-order valence-corrected chi connectivity index (χ4v) is 2.60. The number of methoxy groups -OCH3 is 1. The molecule has 0 unspecified atom stereocenters. The molecule has 0 aliphatic rings. The molecule has 2 rings (SSSR count). The van der Waals surface area contributed by atoms with Gasteiger partial charge in [-0.15, -0.1) is 0 Å². The summed E-state index contributed by atoms with van der Waals surface area (Å²) in [5.41, 5.74) is -4.95. The molecule has 0 spiro atoms. The summed E-state index contributed by atoms with van der Waals surface area (Å²) in [4.78, 5) is 11.8. The quantitative estimate of drug-likeness (QED) is 0.407. The van der Waals surface area contributed by atoms with Crippen LogP contribution in [-0.2, 0) is 14.9 Å². The largest absolute Gasteiger partial charge is 0.534 e. The van der Waals surface area contributed by atoms with E-state index in [1.165, 1.54) is 12.1 Å². The van der Waals surface area contributed by atoms with E-state index in [1.807, 2.05) is 0 Å². The molecule has 0 fully saturated rings. The Kier molecular flexibility index (Phi) is 5.43. The number of ether oxygens (including phenoxy) is 1. The van der Waals surface area contributed by atoms with E-state index >= 15 is 0 Å². The molecular formula is C15H10BrF3O5S. The van der Waals surface area contributed by atoms with Crippen molar-refractivity contribution in [3.05, 3.63) is 52.5 Å². The lowest BCUT2D eigenvalue weighted by atomic mass is 10.0. The highest BCUT2D eigenvalue weighted by molar-refractivity contribution is 9.10. The van der Waals surface area contributed by atoms with Gasteiger partial charge >= 0.3 is 21.6 Å². The van der Waals surface area contributed by atoms with Crippen LogP contribution in [0, 0.1) is 0 Å². The van der Waals surface area contributed by atoms with Crippen LogP contribution < -0.4 is 4.18 Å². The maximum Gasteiger partial charge on any atom is 0.534 e. The Balaban J connectivity index is 2.51. The number of esters is 1. The molecule has 5 nitrogen and oxygen atoms in total. The lowest BCUT2D eigenvalue weighted by molar-refractivity contribution is -0.0500. The third kappa shape index (κ3) is 4.31. The van der Waals surface area contributed by atoms with Gasteiger partial charge in [-0.2, -0.15) is 21.6 Å². The van der Waals surface area contributed by atoms with Crippen LogP contribution in [0.15, 0.2) is 46.9 Å². The van der Waals surface area contributed by atoms with Crippen molar-refractivity contribution in [3.63, 3.8) is 0 Å². The molecule has 0 saturated carbocycles. The number of hydrogen-bond donors (Lipinski definition) is 0. The Morgan fingerprint density at radius 1 is 1.04 bits per heavy atom. The normalized spacial score (nSPS) is 11.9. The number of carbonyl (C=O) groups is 1. The first-order valence-corrected chi connectivity index (χ1v) is 8.74. The molecular weight excluding hydrogens is 429 g/mol. The topological polar surface area (TPSA) is 69.7 Å². The van der Waals surface area contributed by atoms with Gasteiger partial charge in [0.05, 0.1) is 7.11 Å². The lowest BCUT2D eigenvalue weighted by Crippen LogP contribution is -2.28. The Bertz CT molecular complexity index is 892. The summed E-state index contributed by atoms with van der Waals surface area (Å²) in [6.45, 7) is 0. The summed E-state index contributed by atoms with van der Waals surface area (Å²) in [6, 6.07) is 10.3. The van der Waals surface area contributed by atoms with Crippen molar-refractivity contribution >= 4 is 32.0 Å². The summed E-state index contributed by atoms with van der Waals surface area (Å²) in [5, 5.41) is 0. The van der Waals surface area contributed by atoms with Crippen LogP contribution in [0.5, 0.6) is 5.75 Å². The van der Waals surface area contributed by atoms with E-state index in [0.717, 1.165) is 17.6 Å². The molecule has 0 amide bonds. The van der Waals surface area contributed by atoms with Crippen molar-refractivity contribution in [2.24, 2.45) is 0 Å². The third-order valence-corrected chi connectivity index (χ3v) is 4.54. The first kappa shape index (κ1) is 19.3. The zero-order chi connectivity index (χ0) is 18.8. The molecule has 2 aromatic rings. The van der Waals surface area contributed by atoms with Gasteiger partial charge in [-0.1, -0.05) is 34.1 Å². The van der Waals surface area contributed by atoms with E-state index < -0.39 is 32.9 Å². The number of rotatable bonds is 4. The van der Waals surface area contributed by atoms with Crippen LogP contribution in [0.4, 0.5) is 13.2 Å². The highest BCUT2D eigenvalue weighted by Gasteiger charge is 2.49. The highest BCUT2D eigenvalue weighted by atomic mass is 79.9. The molecule has 0 heterocycles. The van der Waals surface area contributed by atoms with Gasteiger partial charge in [0.15, 0.2) is 5.75 Å². The molecule has 0 atom stereocenters. The molecule has 0 aliphatic carbocycles. The Morgan fingerprint density at radius 3 is 2.12 bits per heavy atom. The Hall–Kier alpha value is -2.07. The van der Waals surface area contributed by atoms with E-state index in [2.05, 4.69) is 24.8 Å². The molecule has 10 heteroatoms. The standard InChI is InChI=1S/C15H10BrF3O5S/c1-23-14(20)12-8-10(9-2-5-11(16)6-3-9)4-7-13(12)24-25(21,22)15(17,18)19/h2-8H,1H3. The first-order chi connectivity index (χ1) is 11.5. The van der Waals surface area contributed by atoms with Gasteiger partial charge in [-0.05, 0) is 35.4 Å². The van der Waals surface area contributed by atoms with E-state index in [9.17, 15) is 26.4 Å². The number of halogens is 4. The second-order valence-electron chi connectivity index (χ2n) is 4.69. The number of hydrogen-bond acceptors (Lipinski definition) is 5. The van der Waals surface area contributed by atoms with Crippen LogP contribution in [-0.4, -0.2) is 27.0 Å². The second-order valence-corrected chi connectivity index (χ2v) is 7.15. The summed E-state index contributed by atoms with van der Waals surface area (Å²) in [5.74, 6) is -1.81. The molecule has 0 aromatic heterocycles. The fourth-order valence-electron chi connectivity index (χ4n) is 1.86. The van der Waals surface area contributed by atoms with Crippen LogP contribution in [0.3, 0.4) is 0 Å². The summed E-state index contributed by atoms with van der Waals surface area (Å²) < 4.78 is 69.2. The molecule has 134 valence electrons. The van der Waals surface area contributed by atoms with E-state index in [4.69, 9.17) is 0 Å².